The first kappa shape index (κ1) is 15.0. The molecule has 0 radical (unpaired) electrons. The van der Waals surface area contributed by atoms with Crippen molar-refractivity contribution < 1.29 is 10.2 Å². The molecule has 2 aromatic rings. The van der Waals surface area contributed by atoms with E-state index in [0.717, 1.165) is 11.1 Å². The van der Waals surface area contributed by atoms with Gasteiger partial charge in [-0.2, -0.15) is 0 Å². The molecular formula is C16H16Cl2O2. The molecule has 106 valence electrons. The molecule has 0 aliphatic rings. The van der Waals surface area contributed by atoms with E-state index < -0.39 is 0 Å². The molecule has 0 aliphatic carbocycles. The van der Waals surface area contributed by atoms with Crippen LogP contribution in [0.15, 0.2) is 36.4 Å². The largest absolute Gasteiger partial charge is 0.508 e. The second kappa shape index (κ2) is 5.94. The zero-order valence-electron chi connectivity index (χ0n) is 11.3. The Hall–Kier alpha value is -1.38. The molecule has 0 aliphatic heterocycles. The fourth-order valence-electron chi connectivity index (χ4n) is 2.30. The zero-order chi connectivity index (χ0) is 14.9. The Morgan fingerprint density at radius 2 is 1.10 bits per heavy atom. The van der Waals surface area contributed by atoms with Gasteiger partial charge in [0.1, 0.15) is 11.5 Å². The van der Waals surface area contributed by atoms with Crippen LogP contribution in [-0.2, 0) is 0 Å². The molecule has 2 aromatic carbocycles. The maximum atomic E-state index is 9.61. The van der Waals surface area contributed by atoms with Crippen LogP contribution >= 0.6 is 23.2 Å². The topological polar surface area (TPSA) is 40.5 Å². The van der Waals surface area contributed by atoms with Crippen molar-refractivity contribution in [1.82, 2.24) is 0 Å². The smallest absolute Gasteiger partial charge is 0.115 e. The predicted octanol–water partition coefficient (Wildman–Crippen LogP) is 5.31. The summed E-state index contributed by atoms with van der Waals surface area (Å²) in [5, 5.41) is 20.4. The van der Waals surface area contributed by atoms with E-state index in [1.54, 1.807) is 36.4 Å². The molecule has 0 bridgehead atoms. The third-order valence-electron chi connectivity index (χ3n) is 3.69. The van der Waals surface area contributed by atoms with Gasteiger partial charge >= 0.3 is 0 Å². The van der Waals surface area contributed by atoms with E-state index in [0.29, 0.717) is 10.0 Å². The van der Waals surface area contributed by atoms with Crippen molar-refractivity contribution in [3.05, 3.63) is 57.6 Å². The maximum absolute atomic E-state index is 9.61. The van der Waals surface area contributed by atoms with Crippen molar-refractivity contribution >= 4 is 23.2 Å². The van der Waals surface area contributed by atoms with Gasteiger partial charge in [0.05, 0.1) is 0 Å². The van der Waals surface area contributed by atoms with Crippen molar-refractivity contribution in [3.8, 4) is 11.5 Å². The monoisotopic (exact) mass is 310 g/mol. The minimum absolute atomic E-state index is 0.0499. The lowest BCUT2D eigenvalue weighted by atomic mass is 9.84. The van der Waals surface area contributed by atoms with Crippen LogP contribution in [0.2, 0.25) is 10.0 Å². The number of hydrogen-bond donors (Lipinski definition) is 2. The minimum atomic E-state index is 0.0499. The molecule has 0 saturated carbocycles. The fraction of sp³-hybridized carbons (Fsp3) is 0.250. The quantitative estimate of drug-likeness (QED) is 0.806. The van der Waals surface area contributed by atoms with Crippen LogP contribution < -0.4 is 0 Å². The molecule has 0 fully saturated rings. The summed E-state index contributed by atoms with van der Waals surface area (Å²) in [6.07, 6.45) is 0. The highest BCUT2D eigenvalue weighted by atomic mass is 35.5. The molecule has 0 aromatic heterocycles. The zero-order valence-corrected chi connectivity index (χ0v) is 12.8. The van der Waals surface area contributed by atoms with Gasteiger partial charge in [-0.05, 0) is 59.4 Å². The maximum Gasteiger partial charge on any atom is 0.115 e. The van der Waals surface area contributed by atoms with E-state index in [2.05, 4.69) is 0 Å². The van der Waals surface area contributed by atoms with Crippen LogP contribution in [0.1, 0.15) is 36.8 Å². The van der Waals surface area contributed by atoms with Crippen LogP contribution in [-0.4, -0.2) is 10.2 Å². The molecule has 20 heavy (non-hydrogen) atoms. The number of hydrogen-bond acceptors (Lipinski definition) is 2. The Kier molecular flexibility index (Phi) is 4.46. The Morgan fingerprint density at radius 1 is 0.750 bits per heavy atom. The first-order valence-electron chi connectivity index (χ1n) is 6.37. The summed E-state index contributed by atoms with van der Waals surface area (Å²) in [7, 11) is 0. The van der Waals surface area contributed by atoms with E-state index in [4.69, 9.17) is 23.2 Å². The summed E-state index contributed by atoms with van der Waals surface area (Å²) in [5.41, 5.74) is 1.72. The molecule has 0 saturated heterocycles. The minimum Gasteiger partial charge on any atom is -0.508 e. The van der Waals surface area contributed by atoms with Crippen molar-refractivity contribution in [2.24, 2.45) is 0 Å². The van der Waals surface area contributed by atoms with Crippen LogP contribution in [0.5, 0.6) is 11.5 Å². The van der Waals surface area contributed by atoms with Crippen molar-refractivity contribution in [1.29, 1.82) is 0 Å². The third-order valence-corrected chi connectivity index (χ3v) is 4.38. The Bertz CT molecular complexity index is 570. The predicted molar refractivity (Wildman–Crippen MR) is 83.1 cm³/mol. The van der Waals surface area contributed by atoms with E-state index in [1.165, 1.54) is 0 Å². The number of phenolic OH excluding ortho intramolecular Hbond substituents is 2. The van der Waals surface area contributed by atoms with E-state index in [-0.39, 0.29) is 23.3 Å². The second-order valence-electron chi connectivity index (χ2n) is 4.99. The van der Waals surface area contributed by atoms with Crippen molar-refractivity contribution in [3.63, 3.8) is 0 Å². The molecule has 0 heterocycles. The van der Waals surface area contributed by atoms with Gasteiger partial charge in [0.15, 0.2) is 0 Å². The summed E-state index contributed by atoms with van der Waals surface area (Å²) < 4.78 is 0. The number of phenols is 2. The summed E-state index contributed by atoms with van der Waals surface area (Å²) in [4.78, 5) is 0. The van der Waals surface area contributed by atoms with Crippen LogP contribution in [0.4, 0.5) is 0 Å². The Balaban J connectivity index is 2.39. The van der Waals surface area contributed by atoms with Gasteiger partial charge in [-0.3, -0.25) is 0 Å². The standard InChI is InChI=1S/C16H16Cl2O2/c1-9(13-7-11(19)3-5-15(13)17)10(2)14-8-12(20)4-6-16(14)18/h3-10,19-20H,1-2H3. The van der Waals surface area contributed by atoms with Gasteiger partial charge in [0, 0.05) is 10.0 Å². The van der Waals surface area contributed by atoms with Gasteiger partial charge in [-0.1, -0.05) is 37.0 Å². The van der Waals surface area contributed by atoms with Crippen LogP contribution in [0.3, 0.4) is 0 Å². The molecule has 0 spiro atoms. The number of aromatic hydroxyl groups is 2. The second-order valence-corrected chi connectivity index (χ2v) is 5.80. The summed E-state index contributed by atoms with van der Waals surface area (Å²) in [6, 6.07) is 9.81. The van der Waals surface area contributed by atoms with E-state index in [9.17, 15) is 10.2 Å². The average molecular weight is 311 g/mol. The Labute approximate surface area is 128 Å². The highest BCUT2D eigenvalue weighted by molar-refractivity contribution is 6.32. The van der Waals surface area contributed by atoms with Gasteiger partial charge in [0.25, 0.3) is 0 Å². The van der Waals surface area contributed by atoms with Crippen molar-refractivity contribution in [2.45, 2.75) is 25.7 Å². The first-order valence-corrected chi connectivity index (χ1v) is 7.12. The molecule has 2 N–H and O–H groups in total. The molecule has 0 amide bonds. The lowest BCUT2D eigenvalue weighted by Crippen LogP contribution is -2.06. The molecule has 2 atom stereocenters. The van der Waals surface area contributed by atoms with E-state index in [1.807, 2.05) is 13.8 Å². The van der Waals surface area contributed by atoms with E-state index >= 15 is 0 Å². The SMILES string of the molecule is CC(c1cc(O)ccc1Cl)C(C)c1cc(O)ccc1Cl. The number of rotatable bonds is 3. The third kappa shape index (κ3) is 3.02. The molecule has 4 heteroatoms. The highest BCUT2D eigenvalue weighted by Gasteiger charge is 2.21. The van der Waals surface area contributed by atoms with Gasteiger partial charge in [-0.25, -0.2) is 0 Å². The normalized spacial score (nSPS) is 14.0. The summed E-state index contributed by atoms with van der Waals surface area (Å²) >= 11 is 12.4. The number of benzene rings is 2. The molecule has 2 unspecified atom stereocenters. The van der Waals surface area contributed by atoms with Gasteiger partial charge in [-0.15, -0.1) is 0 Å². The van der Waals surface area contributed by atoms with Crippen LogP contribution in [0, 0.1) is 0 Å². The lowest BCUT2D eigenvalue weighted by Gasteiger charge is -2.23. The molecule has 2 nitrogen and oxygen atoms in total. The molecule has 2 rings (SSSR count). The highest BCUT2D eigenvalue weighted by Crippen LogP contribution is 2.40. The summed E-state index contributed by atoms with van der Waals surface area (Å²) in [5.74, 6) is 0.471. The Morgan fingerprint density at radius 3 is 1.45 bits per heavy atom. The van der Waals surface area contributed by atoms with Crippen LogP contribution in [0.25, 0.3) is 0 Å². The van der Waals surface area contributed by atoms with Gasteiger partial charge in [0.2, 0.25) is 0 Å². The first-order chi connectivity index (χ1) is 9.40. The average Bonchev–Trinajstić information content (AvgIpc) is 2.42. The van der Waals surface area contributed by atoms with Crippen molar-refractivity contribution in [2.75, 3.05) is 0 Å². The number of halogens is 2. The van der Waals surface area contributed by atoms with Gasteiger partial charge < -0.3 is 10.2 Å². The lowest BCUT2D eigenvalue weighted by molar-refractivity contribution is 0.470. The summed E-state index contributed by atoms with van der Waals surface area (Å²) in [6.45, 7) is 4.04. The molecular weight excluding hydrogens is 295 g/mol. The fourth-order valence-corrected chi connectivity index (χ4v) is 2.88.